The lowest BCUT2D eigenvalue weighted by molar-refractivity contribution is -0.127. The summed E-state index contributed by atoms with van der Waals surface area (Å²) in [5, 5.41) is 0. The van der Waals surface area contributed by atoms with Gasteiger partial charge in [-0.15, -0.1) is 24.8 Å². The summed E-state index contributed by atoms with van der Waals surface area (Å²) in [6, 6.07) is 16.0. The van der Waals surface area contributed by atoms with E-state index in [1.54, 1.807) is 12.1 Å². The number of nitrogens with zero attached hydrogens (tertiary/aromatic N) is 2. The Morgan fingerprint density at radius 3 is 2.17 bits per heavy atom. The Kier molecular flexibility index (Phi) is 8.25. The largest absolute Gasteiger partial charge is 0.393 e. The van der Waals surface area contributed by atoms with Crippen LogP contribution in [0, 0.1) is 18.8 Å². The molecule has 7 heteroatoms. The van der Waals surface area contributed by atoms with Crippen LogP contribution in [0.4, 0.5) is 13.2 Å². The molecule has 4 rings (SSSR count). The molecular weight excluding hydrogens is 432 g/mol. The zero-order chi connectivity index (χ0) is 19.9. The quantitative estimate of drug-likeness (QED) is 0.578. The summed E-state index contributed by atoms with van der Waals surface area (Å²) in [5.74, 6) is 1.26. The lowest BCUT2D eigenvalue weighted by Crippen LogP contribution is -2.29. The van der Waals surface area contributed by atoms with Crippen molar-refractivity contribution in [2.45, 2.75) is 32.1 Å². The lowest BCUT2D eigenvalue weighted by Gasteiger charge is -2.28. The van der Waals surface area contributed by atoms with Crippen LogP contribution in [0.5, 0.6) is 0 Å². The van der Waals surface area contributed by atoms with Crippen molar-refractivity contribution in [1.29, 1.82) is 0 Å². The molecule has 0 bridgehead atoms. The van der Waals surface area contributed by atoms with E-state index < -0.39 is 12.6 Å². The number of rotatable bonds is 4. The minimum atomic E-state index is -4.15. The van der Waals surface area contributed by atoms with Crippen LogP contribution in [0.15, 0.2) is 48.5 Å². The first-order valence-electron chi connectivity index (χ1n) is 9.93. The Hall–Kier alpha value is -1.27. The van der Waals surface area contributed by atoms with Gasteiger partial charge < -0.3 is 0 Å². The standard InChI is InChI=1S/C23H27F3N2.2ClH/c1-16-5-3-4-6-20(16)22-21-15-28(14-19(21)13-27(22)2)12-18-9-7-17(8-10-18)11-23(24,25)26;;/h3-10,19,21-22H,11-15H2,1-2H3;2*1H/t19-,21+,22+;;/m0../s1. The molecule has 0 amide bonds. The molecule has 0 aromatic heterocycles. The number of likely N-dealkylation sites (tertiary alicyclic amines) is 2. The fourth-order valence-electron chi connectivity index (χ4n) is 5.12. The van der Waals surface area contributed by atoms with Gasteiger partial charge in [0.25, 0.3) is 0 Å². The first-order chi connectivity index (χ1) is 13.3. The molecule has 30 heavy (non-hydrogen) atoms. The van der Waals surface area contributed by atoms with Gasteiger partial charge in [-0.1, -0.05) is 48.5 Å². The summed E-state index contributed by atoms with van der Waals surface area (Å²) in [4.78, 5) is 4.95. The van der Waals surface area contributed by atoms with E-state index in [0.29, 0.717) is 23.4 Å². The molecule has 2 aliphatic heterocycles. The molecule has 0 N–H and O–H groups in total. The van der Waals surface area contributed by atoms with E-state index in [1.807, 2.05) is 12.1 Å². The first-order valence-corrected chi connectivity index (χ1v) is 9.93. The normalized spacial score (nSPS) is 24.2. The van der Waals surface area contributed by atoms with Gasteiger partial charge in [0.15, 0.2) is 0 Å². The number of hydrogen-bond acceptors (Lipinski definition) is 2. The predicted octanol–water partition coefficient (Wildman–Crippen LogP) is 5.68. The van der Waals surface area contributed by atoms with Crippen LogP contribution >= 0.6 is 24.8 Å². The first kappa shape index (κ1) is 25.0. The van der Waals surface area contributed by atoms with Gasteiger partial charge in [-0.05, 0) is 48.1 Å². The van der Waals surface area contributed by atoms with E-state index in [-0.39, 0.29) is 24.8 Å². The molecule has 0 unspecified atom stereocenters. The van der Waals surface area contributed by atoms with Gasteiger partial charge in [0.2, 0.25) is 0 Å². The Morgan fingerprint density at radius 2 is 1.53 bits per heavy atom. The number of fused-ring (bicyclic) bond motifs is 1. The molecule has 166 valence electrons. The SMILES string of the molecule is Cc1ccccc1[C@@H]1[C@@H]2CN(Cc3ccc(CC(F)(F)F)cc3)C[C@@H]2CN1C.Cl.Cl. The van der Waals surface area contributed by atoms with Crippen LogP contribution in [0.1, 0.15) is 28.3 Å². The summed E-state index contributed by atoms with van der Waals surface area (Å²) in [6.07, 6.45) is -5.00. The van der Waals surface area contributed by atoms with Crippen molar-refractivity contribution >= 4 is 24.8 Å². The predicted molar refractivity (Wildman–Crippen MR) is 120 cm³/mol. The van der Waals surface area contributed by atoms with Gasteiger partial charge in [0, 0.05) is 32.2 Å². The number of benzene rings is 2. The molecule has 2 heterocycles. The minimum absolute atomic E-state index is 0. The third-order valence-electron chi connectivity index (χ3n) is 6.31. The highest BCUT2D eigenvalue weighted by molar-refractivity contribution is 5.85. The maximum atomic E-state index is 12.5. The van der Waals surface area contributed by atoms with E-state index in [1.165, 1.54) is 11.1 Å². The van der Waals surface area contributed by atoms with Gasteiger partial charge in [-0.3, -0.25) is 9.80 Å². The fraction of sp³-hybridized carbons (Fsp3) is 0.478. The van der Waals surface area contributed by atoms with Crippen LogP contribution in [0.3, 0.4) is 0 Å². The van der Waals surface area contributed by atoms with Crippen LogP contribution in [-0.4, -0.2) is 42.7 Å². The summed E-state index contributed by atoms with van der Waals surface area (Å²) in [7, 11) is 2.22. The van der Waals surface area contributed by atoms with Crippen LogP contribution in [0.2, 0.25) is 0 Å². The monoisotopic (exact) mass is 460 g/mol. The minimum Gasteiger partial charge on any atom is -0.299 e. The van der Waals surface area contributed by atoms with Crippen molar-refractivity contribution in [3.05, 3.63) is 70.8 Å². The highest BCUT2D eigenvalue weighted by atomic mass is 35.5. The van der Waals surface area contributed by atoms with Gasteiger partial charge >= 0.3 is 6.18 Å². The van der Waals surface area contributed by atoms with Gasteiger partial charge in [0.05, 0.1) is 6.42 Å². The topological polar surface area (TPSA) is 6.48 Å². The number of aryl methyl sites for hydroxylation is 1. The molecule has 0 saturated carbocycles. The van der Waals surface area contributed by atoms with Gasteiger partial charge in [-0.25, -0.2) is 0 Å². The van der Waals surface area contributed by atoms with E-state index in [0.717, 1.165) is 31.7 Å². The molecule has 2 nitrogen and oxygen atoms in total. The third kappa shape index (κ3) is 5.50. The number of hydrogen-bond donors (Lipinski definition) is 0. The van der Waals surface area contributed by atoms with Crippen molar-refractivity contribution in [1.82, 2.24) is 9.80 Å². The summed E-state index contributed by atoms with van der Waals surface area (Å²) in [5.41, 5.74) is 4.19. The Morgan fingerprint density at radius 1 is 0.900 bits per heavy atom. The zero-order valence-corrected chi connectivity index (χ0v) is 18.9. The van der Waals surface area contributed by atoms with Crippen LogP contribution in [0.25, 0.3) is 0 Å². The van der Waals surface area contributed by atoms with Crippen molar-refractivity contribution in [3.8, 4) is 0 Å². The molecule has 0 aliphatic carbocycles. The van der Waals surface area contributed by atoms with Crippen LogP contribution in [-0.2, 0) is 13.0 Å². The highest BCUT2D eigenvalue weighted by Gasteiger charge is 2.46. The number of alkyl halides is 3. The van der Waals surface area contributed by atoms with Crippen molar-refractivity contribution in [2.75, 3.05) is 26.7 Å². The maximum absolute atomic E-state index is 12.5. The third-order valence-corrected chi connectivity index (χ3v) is 6.31. The van der Waals surface area contributed by atoms with E-state index in [2.05, 4.69) is 48.0 Å². The van der Waals surface area contributed by atoms with Crippen LogP contribution < -0.4 is 0 Å². The second-order valence-corrected chi connectivity index (χ2v) is 8.47. The Balaban J connectivity index is 0.00000160. The summed E-state index contributed by atoms with van der Waals surface area (Å²) < 4.78 is 37.6. The van der Waals surface area contributed by atoms with Gasteiger partial charge in [-0.2, -0.15) is 13.2 Å². The molecule has 2 aliphatic rings. The van der Waals surface area contributed by atoms with E-state index >= 15 is 0 Å². The molecule has 2 fully saturated rings. The average molecular weight is 461 g/mol. The van der Waals surface area contributed by atoms with Crippen molar-refractivity contribution < 1.29 is 13.2 Å². The lowest BCUT2D eigenvalue weighted by atomic mass is 9.88. The van der Waals surface area contributed by atoms with Gasteiger partial charge in [0.1, 0.15) is 0 Å². The molecule has 2 aromatic rings. The summed E-state index contributed by atoms with van der Waals surface area (Å²) in [6.45, 7) is 6.19. The fourth-order valence-corrected chi connectivity index (χ4v) is 5.12. The second-order valence-electron chi connectivity index (χ2n) is 8.47. The molecule has 2 saturated heterocycles. The van der Waals surface area contributed by atoms with Crippen molar-refractivity contribution in [3.63, 3.8) is 0 Å². The molecule has 2 aromatic carbocycles. The van der Waals surface area contributed by atoms with E-state index in [4.69, 9.17) is 0 Å². The molecule has 3 atom stereocenters. The summed E-state index contributed by atoms with van der Waals surface area (Å²) >= 11 is 0. The molecule has 0 spiro atoms. The molecule has 0 radical (unpaired) electrons. The Bertz CT molecular complexity index is 826. The van der Waals surface area contributed by atoms with Crippen molar-refractivity contribution in [2.24, 2.45) is 11.8 Å². The highest BCUT2D eigenvalue weighted by Crippen LogP contribution is 2.45. The second kappa shape index (κ2) is 9.90. The van der Waals surface area contributed by atoms with E-state index in [9.17, 15) is 13.2 Å². The zero-order valence-electron chi connectivity index (χ0n) is 17.2. The smallest absolute Gasteiger partial charge is 0.299 e. The maximum Gasteiger partial charge on any atom is 0.393 e. The number of halogens is 5. The average Bonchev–Trinajstić information content (AvgIpc) is 3.12. The Labute approximate surface area is 189 Å². The molecular formula is C23H29Cl2F3N2.